The van der Waals surface area contributed by atoms with E-state index in [4.69, 9.17) is 0 Å². The van der Waals surface area contributed by atoms with Crippen LogP contribution >= 0.6 is 12.4 Å². The maximum atomic E-state index is 12.9. The van der Waals surface area contributed by atoms with E-state index in [1.807, 2.05) is 0 Å². The summed E-state index contributed by atoms with van der Waals surface area (Å²) in [5.41, 5.74) is -1.30. The van der Waals surface area contributed by atoms with E-state index in [1.54, 1.807) is 0 Å². The van der Waals surface area contributed by atoms with Gasteiger partial charge in [-0.1, -0.05) is 0 Å². The van der Waals surface area contributed by atoms with E-state index in [9.17, 15) is 18.0 Å². The van der Waals surface area contributed by atoms with Crippen molar-refractivity contribution in [3.63, 3.8) is 0 Å². The van der Waals surface area contributed by atoms with E-state index in [2.05, 4.69) is 5.32 Å². The van der Waals surface area contributed by atoms with Crippen LogP contribution in [-0.4, -0.2) is 47.5 Å². The van der Waals surface area contributed by atoms with Crippen LogP contribution in [0.5, 0.6) is 0 Å². The van der Waals surface area contributed by atoms with Crippen molar-refractivity contribution in [2.45, 2.75) is 30.2 Å². The van der Waals surface area contributed by atoms with Crippen molar-refractivity contribution < 1.29 is 8.42 Å². The zero-order chi connectivity index (χ0) is 16.8. The summed E-state index contributed by atoms with van der Waals surface area (Å²) in [6, 6.07) is 0.359. The number of rotatable bonds is 2. The molecular formula is C14H23ClN4O4S. The van der Waals surface area contributed by atoms with Crippen molar-refractivity contribution >= 4 is 22.4 Å². The lowest BCUT2D eigenvalue weighted by Crippen LogP contribution is -2.54. The van der Waals surface area contributed by atoms with Crippen LogP contribution in [0, 0.1) is 5.92 Å². The lowest BCUT2D eigenvalue weighted by atomic mass is 9.86. The number of fused-ring (bicyclic) bond motifs is 1. The van der Waals surface area contributed by atoms with Crippen LogP contribution < -0.4 is 16.6 Å². The van der Waals surface area contributed by atoms with Gasteiger partial charge in [-0.3, -0.25) is 9.36 Å². The summed E-state index contributed by atoms with van der Waals surface area (Å²) in [6.45, 7) is 1.80. The minimum Gasteiger partial charge on any atom is -0.314 e. The van der Waals surface area contributed by atoms with Gasteiger partial charge in [0, 0.05) is 39.4 Å². The molecule has 0 bridgehead atoms. The fraction of sp³-hybridized carbons (Fsp3) is 0.714. The number of hydrogen-bond donors (Lipinski definition) is 1. The highest BCUT2D eigenvalue weighted by atomic mass is 35.5. The van der Waals surface area contributed by atoms with Gasteiger partial charge in [-0.25, -0.2) is 13.2 Å². The minimum atomic E-state index is -3.89. The van der Waals surface area contributed by atoms with Gasteiger partial charge >= 0.3 is 5.69 Å². The molecule has 0 aromatic carbocycles. The lowest BCUT2D eigenvalue weighted by molar-refractivity contribution is 0.170. The van der Waals surface area contributed by atoms with Crippen LogP contribution in [-0.2, 0) is 24.1 Å². The van der Waals surface area contributed by atoms with Crippen molar-refractivity contribution in [3.8, 4) is 0 Å². The summed E-state index contributed by atoms with van der Waals surface area (Å²) in [5, 5.41) is 3.44. The molecule has 2 atom stereocenters. The number of halogens is 1. The van der Waals surface area contributed by atoms with Gasteiger partial charge in [-0.15, -0.1) is 12.4 Å². The molecule has 0 amide bonds. The Balaban J connectivity index is 0.00000208. The molecule has 136 valence electrons. The fourth-order valence-electron chi connectivity index (χ4n) is 3.52. The Bertz CT molecular complexity index is 832. The van der Waals surface area contributed by atoms with Gasteiger partial charge in [0.15, 0.2) is 4.90 Å². The van der Waals surface area contributed by atoms with Gasteiger partial charge < -0.3 is 9.88 Å². The van der Waals surface area contributed by atoms with E-state index in [0.717, 1.165) is 41.1 Å². The summed E-state index contributed by atoms with van der Waals surface area (Å²) in [4.78, 5) is 23.7. The van der Waals surface area contributed by atoms with E-state index < -0.39 is 21.3 Å². The molecular weight excluding hydrogens is 356 g/mol. The zero-order valence-corrected chi connectivity index (χ0v) is 15.4. The Labute approximate surface area is 146 Å². The molecule has 10 heteroatoms. The van der Waals surface area contributed by atoms with E-state index in [1.165, 1.54) is 18.4 Å². The van der Waals surface area contributed by atoms with Gasteiger partial charge in [-0.2, -0.15) is 4.31 Å². The van der Waals surface area contributed by atoms with Crippen LogP contribution in [0.25, 0.3) is 0 Å². The number of nitrogens with one attached hydrogen (secondary N) is 1. The number of aromatic nitrogens is 2. The second-order valence-electron chi connectivity index (χ2n) is 6.37. The van der Waals surface area contributed by atoms with Crippen molar-refractivity contribution in [1.82, 2.24) is 18.8 Å². The first kappa shape index (κ1) is 19.2. The maximum absolute atomic E-state index is 12.9. The molecule has 0 unspecified atom stereocenters. The smallest absolute Gasteiger partial charge is 0.314 e. The summed E-state index contributed by atoms with van der Waals surface area (Å²) in [6.07, 6.45) is 3.91. The first-order valence-corrected chi connectivity index (χ1v) is 9.26. The molecule has 2 fully saturated rings. The number of sulfonamides is 1. The van der Waals surface area contributed by atoms with Crippen LogP contribution in [0.3, 0.4) is 0 Å². The van der Waals surface area contributed by atoms with Crippen molar-refractivity contribution in [2.24, 2.45) is 20.0 Å². The monoisotopic (exact) mass is 378 g/mol. The molecule has 0 saturated carbocycles. The lowest BCUT2D eigenvalue weighted by Gasteiger charge is -2.41. The molecule has 1 N–H and O–H groups in total. The Morgan fingerprint density at radius 2 is 1.92 bits per heavy atom. The second kappa shape index (κ2) is 6.99. The van der Waals surface area contributed by atoms with Gasteiger partial charge in [0.1, 0.15) is 0 Å². The summed E-state index contributed by atoms with van der Waals surface area (Å²) < 4.78 is 29.1. The van der Waals surface area contributed by atoms with E-state index in [0.29, 0.717) is 19.1 Å². The van der Waals surface area contributed by atoms with Crippen LogP contribution in [0.1, 0.15) is 19.3 Å². The Morgan fingerprint density at radius 3 is 2.62 bits per heavy atom. The molecule has 8 nitrogen and oxygen atoms in total. The molecule has 24 heavy (non-hydrogen) atoms. The first-order valence-electron chi connectivity index (χ1n) is 7.82. The Kier molecular flexibility index (Phi) is 5.58. The van der Waals surface area contributed by atoms with Gasteiger partial charge in [-0.05, 0) is 31.7 Å². The molecule has 1 aromatic heterocycles. The normalized spacial score (nSPS) is 24.9. The van der Waals surface area contributed by atoms with Crippen molar-refractivity contribution in [2.75, 3.05) is 19.6 Å². The summed E-state index contributed by atoms with van der Waals surface area (Å²) in [7, 11) is -1.16. The fourth-order valence-corrected chi connectivity index (χ4v) is 5.18. The van der Waals surface area contributed by atoms with E-state index >= 15 is 0 Å². The first-order chi connectivity index (χ1) is 10.8. The van der Waals surface area contributed by atoms with Crippen LogP contribution in [0.2, 0.25) is 0 Å². The molecule has 2 saturated heterocycles. The van der Waals surface area contributed by atoms with Crippen LogP contribution in [0.15, 0.2) is 20.7 Å². The highest BCUT2D eigenvalue weighted by molar-refractivity contribution is 7.89. The van der Waals surface area contributed by atoms with Gasteiger partial charge in [0.25, 0.3) is 5.56 Å². The summed E-state index contributed by atoms with van der Waals surface area (Å²) in [5.74, 6) is 0.281. The standard InChI is InChI=1S/C14H22N4O4S.ClH/c1-16-9-12(13(19)17(2)14(16)20)23(21,22)18-7-5-11-10(8-18)4-3-6-15-11;/h9-11,15H,3-8H2,1-2H3;1H/t10-,11+;/m1./s1. The third-order valence-corrected chi connectivity index (χ3v) is 6.74. The average molecular weight is 379 g/mol. The molecule has 2 aliphatic rings. The minimum absolute atomic E-state index is 0. The number of piperidine rings is 2. The number of aryl methyl sites for hydroxylation is 1. The van der Waals surface area contributed by atoms with Crippen molar-refractivity contribution in [1.29, 1.82) is 0 Å². The zero-order valence-electron chi connectivity index (χ0n) is 13.8. The predicted molar refractivity (Wildman–Crippen MR) is 92.1 cm³/mol. The molecule has 1 aromatic rings. The molecule has 3 rings (SSSR count). The quantitative estimate of drug-likeness (QED) is 0.732. The third-order valence-electron chi connectivity index (χ3n) is 4.89. The Hall–Kier alpha value is -1.16. The van der Waals surface area contributed by atoms with Crippen molar-refractivity contribution in [3.05, 3.63) is 27.0 Å². The van der Waals surface area contributed by atoms with Crippen LogP contribution in [0.4, 0.5) is 0 Å². The second-order valence-corrected chi connectivity index (χ2v) is 8.27. The average Bonchev–Trinajstić information content (AvgIpc) is 2.55. The highest BCUT2D eigenvalue weighted by Crippen LogP contribution is 2.27. The predicted octanol–water partition coefficient (Wildman–Crippen LogP) is -0.732. The Morgan fingerprint density at radius 1 is 1.21 bits per heavy atom. The maximum Gasteiger partial charge on any atom is 0.330 e. The van der Waals surface area contributed by atoms with Gasteiger partial charge in [0.2, 0.25) is 10.0 Å². The van der Waals surface area contributed by atoms with E-state index in [-0.39, 0.29) is 23.2 Å². The molecule has 0 aliphatic carbocycles. The SMILES string of the molecule is Cl.Cn1cc(S(=O)(=O)N2CC[C@@H]3NCCC[C@@H]3C2)c(=O)n(C)c1=O. The number of nitrogens with zero attached hydrogens (tertiary/aromatic N) is 3. The molecule has 0 spiro atoms. The largest absolute Gasteiger partial charge is 0.330 e. The number of hydrogen-bond acceptors (Lipinski definition) is 5. The molecule has 3 heterocycles. The molecule has 2 aliphatic heterocycles. The van der Waals surface area contributed by atoms with Gasteiger partial charge in [0.05, 0.1) is 0 Å². The summed E-state index contributed by atoms with van der Waals surface area (Å²) >= 11 is 0. The molecule has 0 radical (unpaired) electrons. The highest BCUT2D eigenvalue weighted by Gasteiger charge is 2.37. The topological polar surface area (TPSA) is 93.4 Å². The third kappa shape index (κ3) is 3.17.